The molecule has 8 nitrogen and oxygen atoms in total. The first kappa shape index (κ1) is 20.7. The van der Waals surface area contributed by atoms with Crippen molar-refractivity contribution in [3.8, 4) is 22.9 Å². The van der Waals surface area contributed by atoms with Gasteiger partial charge >= 0.3 is 0 Å². The van der Waals surface area contributed by atoms with E-state index in [0.717, 1.165) is 5.56 Å². The minimum atomic E-state index is -0.284. The number of aromatic nitrogens is 3. The topological polar surface area (TPSA) is 102 Å². The van der Waals surface area contributed by atoms with Gasteiger partial charge in [0.1, 0.15) is 0 Å². The molecule has 0 saturated heterocycles. The van der Waals surface area contributed by atoms with E-state index in [1.54, 1.807) is 24.3 Å². The molecule has 10 heteroatoms. The fourth-order valence-corrected chi connectivity index (χ4v) is 3.24. The summed E-state index contributed by atoms with van der Waals surface area (Å²) in [6.45, 7) is 0. The standard InChI is InChI=1S/C19H18ClN5O3S/c1-25-18(13-4-6-14(20)7-5-13)23-24-19(25)29-11-17(27)22-21-10-12-3-8-15(26)16(9-12)28-2/h3-10,26H,11H2,1-2H3,(H,22,27)/b21-10-. The van der Waals surface area contributed by atoms with Gasteiger partial charge in [-0.1, -0.05) is 23.4 Å². The van der Waals surface area contributed by atoms with Gasteiger partial charge in [-0.15, -0.1) is 10.2 Å². The van der Waals surface area contributed by atoms with E-state index in [1.807, 2.05) is 23.7 Å². The fourth-order valence-electron chi connectivity index (χ4n) is 2.41. The van der Waals surface area contributed by atoms with Gasteiger partial charge in [0, 0.05) is 17.6 Å². The Hall–Kier alpha value is -3.04. The molecule has 29 heavy (non-hydrogen) atoms. The number of thioether (sulfide) groups is 1. The average molecular weight is 432 g/mol. The van der Waals surface area contributed by atoms with E-state index in [2.05, 4.69) is 20.7 Å². The molecule has 0 radical (unpaired) electrons. The van der Waals surface area contributed by atoms with E-state index in [9.17, 15) is 9.90 Å². The van der Waals surface area contributed by atoms with Gasteiger partial charge in [-0.3, -0.25) is 4.79 Å². The summed E-state index contributed by atoms with van der Waals surface area (Å²) >= 11 is 7.16. The van der Waals surface area contributed by atoms with Crippen molar-refractivity contribution in [3.05, 3.63) is 53.1 Å². The average Bonchev–Trinajstić information content (AvgIpc) is 3.08. The minimum absolute atomic E-state index is 0.0340. The maximum absolute atomic E-state index is 12.0. The van der Waals surface area contributed by atoms with Crippen molar-refractivity contribution < 1.29 is 14.6 Å². The van der Waals surface area contributed by atoms with Gasteiger partial charge in [0.15, 0.2) is 22.5 Å². The molecule has 2 aromatic carbocycles. The molecule has 1 amide bonds. The second kappa shape index (κ2) is 9.44. The molecule has 1 heterocycles. The molecule has 0 bridgehead atoms. The highest BCUT2D eigenvalue weighted by Gasteiger charge is 2.12. The number of amides is 1. The molecule has 0 atom stereocenters. The lowest BCUT2D eigenvalue weighted by molar-refractivity contribution is -0.118. The van der Waals surface area contributed by atoms with Crippen molar-refractivity contribution >= 4 is 35.5 Å². The smallest absolute Gasteiger partial charge is 0.250 e. The van der Waals surface area contributed by atoms with Gasteiger partial charge in [0.05, 0.1) is 19.1 Å². The fraction of sp³-hybridized carbons (Fsp3) is 0.158. The number of nitrogens with zero attached hydrogens (tertiary/aromatic N) is 4. The zero-order chi connectivity index (χ0) is 20.8. The van der Waals surface area contributed by atoms with Crippen molar-refractivity contribution in [3.63, 3.8) is 0 Å². The summed E-state index contributed by atoms with van der Waals surface area (Å²) in [5.74, 6) is 0.890. The summed E-state index contributed by atoms with van der Waals surface area (Å²) < 4.78 is 6.84. The number of nitrogens with one attached hydrogen (secondary N) is 1. The number of aromatic hydroxyl groups is 1. The molecule has 0 unspecified atom stereocenters. The van der Waals surface area contributed by atoms with Crippen LogP contribution in [0.3, 0.4) is 0 Å². The number of ether oxygens (including phenoxy) is 1. The highest BCUT2D eigenvalue weighted by Crippen LogP contribution is 2.26. The van der Waals surface area contributed by atoms with Crippen LogP contribution in [0.1, 0.15) is 5.56 Å². The molecular weight excluding hydrogens is 414 g/mol. The van der Waals surface area contributed by atoms with Gasteiger partial charge in [0.25, 0.3) is 5.91 Å². The van der Waals surface area contributed by atoms with Crippen molar-refractivity contribution in [2.45, 2.75) is 5.16 Å². The van der Waals surface area contributed by atoms with E-state index in [1.165, 1.54) is 31.2 Å². The van der Waals surface area contributed by atoms with E-state index in [0.29, 0.717) is 27.3 Å². The van der Waals surface area contributed by atoms with Gasteiger partial charge in [0.2, 0.25) is 0 Å². The molecule has 3 aromatic rings. The van der Waals surface area contributed by atoms with E-state index >= 15 is 0 Å². The molecule has 2 N–H and O–H groups in total. The third-order valence-corrected chi connectivity index (χ3v) is 5.15. The van der Waals surface area contributed by atoms with Crippen molar-refractivity contribution in [1.29, 1.82) is 0 Å². The van der Waals surface area contributed by atoms with Gasteiger partial charge < -0.3 is 14.4 Å². The quantitative estimate of drug-likeness (QED) is 0.338. The predicted molar refractivity (Wildman–Crippen MR) is 113 cm³/mol. The molecule has 0 aliphatic heterocycles. The zero-order valence-corrected chi connectivity index (χ0v) is 17.2. The number of hydrogen-bond acceptors (Lipinski definition) is 7. The number of carbonyl (C=O) groups excluding carboxylic acids is 1. The van der Waals surface area contributed by atoms with Crippen LogP contribution in [0.2, 0.25) is 5.02 Å². The first-order valence-electron chi connectivity index (χ1n) is 8.45. The van der Waals surface area contributed by atoms with Crippen LogP contribution < -0.4 is 10.2 Å². The number of carbonyl (C=O) groups is 1. The first-order valence-corrected chi connectivity index (χ1v) is 9.81. The Balaban J connectivity index is 1.55. The number of benzene rings is 2. The number of hydrogen-bond donors (Lipinski definition) is 2. The lowest BCUT2D eigenvalue weighted by Gasteiger charge is -2.04. The van der Waals surface area contributed by atoms with Crippen LogP contribution in [0.4, 0.5) is 0 Å². The van der Waals surface area contributed by atoms with Crippen LogP contribution in [-0.4, -0.2) is 44.9 Å². The SMILES string of the molecule is COc1cc(/C=N\NC(=O)CSc2nnc(-c3ccc(Cl)cc3)n2C)ccc1O. The summed E-state index contributed by atoms with van der Waals surface area (Å²) in [5, 5.41) is 23.0. The van der Waals surface area contributed by atoms with Crippen LogP contribution in [0, 0.1) is 0 Å². The molecule has 0 saturated carbocycles. The highest BCUT2D eigenvalue weighted by molar-refractivity contribution is 7.99. The molecule has 0 aliphatic rings. The van der Waals surface area contributed by atoms with Crippen molar-refractivity contribution in [2.75, 3.05) is 12.9 Å². The lowest BCUT2D eigenvalue weighted by Crippen LogP contribution is -2.19. The number of halogens is 1. The Kier molecular flexibility index (Phi) is 6.73. The molecule has 1 aromatic heterocycles. The van der Waals surface area contributed by atoms with Gasteiger partial charge in [-0.2, -0.15) is 5.10 Å². The number of rotatable bonds is 7. The van der Waals surface area contributed by atoms with Crippen LogP contribution in [0.5, 0.6) is 11.5 Å². The van der Waals surface area contributed by atoms with Crippen molar-refractivity contribution in [1.82, 2.24) is 20.2 Å². The molecule has 3 rings (SSSR count). The van der Waals surface area contributed by atoms with Crippen LogP contribution in [0.25, 0.3) is 11.4 Å². The largest absolute Gasteiger partial charge is 0.504 e. The second-order valence-electron chi connectivity index (χ2n) is 5.89. The Morgan fingerprint density at radius 1 is 1.31 bits per heavy atom. The molecule has 0 spiro atoms. The Morgan fingerprint density at radius 3 is 2.79 bits per heavy atom. The third-order valence-electron chi connectivity index (χ3n) is 3.88. The van der Waals surface area contributed by atoms with Crippen molar-refractivity contribution in [2.24, 2.45) is 12.1 Å². The number of phenolic OH excluding ortho intramolecular Hbond substituents is 1. The molecule has 0 fully saturated rings. The second-order valence-corrected chi connectivity index (χ2v) is 7.26. The highest BCUT2D eigenvalue weighted by atomic mass is 35.5. The van der Waals surface area contributed by atoms with E-state index in [-0.39, 0.29) is 17.4 Å². The number of methoxy groups -OCH3 is 1. The summed E-state index contributed by atoms with van der Waals surface area (Å²) in [4.78, 5) is 12.0. The Bertz CT molecular complexity index is 1040. The summed E-state index contributed by atoms with van der Waals surface area (Å²) in [7, 11) is 3.29. The van der Waals surface area contributed by atoms with Gasteiger partial charge in [-0.25, -0.2) is 5.43 Å². The maximum atomic E-state index is 12.0. The van der Waals surface area contributed by atoms with Crippen LogP contribution >= 0.6 is 23.4 Å². The van der Waals surface area contributed by atoms with E-state index in [4.69, 9.17) is 16.3 Å². The maximum Gasteiger partial charge on any atom is 0.250 e. The predicted octanol–water partition coefficient (Wildman–Crippen LogP) is 3.09. The minimum Gasteiger partial charge on any atom is -0.504 e. The number of hydrazone groups is 1. The molecule has 0 aliphatic carbocycles. The third kappa shape index (κ3) is 5.27. The van der Waals surface area contributed by atoms with Gasteiger partial charge in [-0.05, 0) is 48.0 Å². The van der Waals surface area contributed by atoms with Crippen LogP contribution in [-0.2, 0) is 11.8 Å². The molecular formula is C19H18ClN5O3S. The summed E-state index contributed by atoms with van der Waals surface area (Å²) in [6.07, 6.45) is 1.46. The zero-order valence-electron chi connectivity index (χ0n) is 15.7. The Labute approximate surface area is 176 Å². The normalized spacial score (nSPS) is 11.0. The number of phenols is 1. The molecule has 150 valence electrons. The van der Waals surface area contributed by atoms with Crippen LogP contribution in [0.15, 0.2) is 52.7 Å². The monoisotopic (exact) mass is 431 g/mol. The summed E-state index contributed by atoms with van der Waals surface area (Å²) in [5.41, 5.74) is 4.01. The first-order chi connectivity index (χ1) is 14.0. The Morgan fingerprint density at radius 2 is 2.07 bits per heavy atom. The van der Waals surface area contributed by atoms with E-state index < -0.39 is 0 Å². The summed E-state index contributed by atoms with van der Waals surface area (Å²) in [6, 6.07) is 12.0. The lowest BCUT2D eigenvalue weighted by atomic mass is 10.2.